The smallest absolute Gasteiger partial charge is 0.329 e. The summed E-state index contributed by atoms with van der Waals surface area (Å²) < 4.78 is 5.55. The summed E-state index contributed by atoms with van der Waals surface area (Å²) in [7, 11) is 0. The van der Waals surface area contributed by atoms with Gasteiger partial charge >= 0.3 is 5.97 Å². The number of nitrogens with one attached hydrogen (secondary N) is 1. The van der Waals surface area contributed by atoms with E-state index in [1.54, 1.807) is 5.38 Å². The summed E-state index contributed by atoms with van der Waals surface area (Å²) in [5.74, 6) is -1.36. The average Bonchev–Trinajstić information content (AvgIpc) is 3.20. The predicted octanol–water partition coefficient (Wildman–Crippen LogP) is 2.12. The fourth-order valence-corrected chi connectivity index (χ4v) is 3.85. The predicted molar refractivity (Wildman–Crippen MR) is 76.3 cm³/mol. The van der Waals surface area contributed by atoms with Crippen molar-refractivity contribution in [3.8, 4) is 0 Å². The molecule has 21 heavy (non-hydrogen) atoms. The molecule has 1 aromatic heterocycles. The number of aliphatic carboxylic acids is 1. The van der Waals surface area contributed by atoms with E-state index in [0.29, 0.717) is 12.8 Å². The Morgan fingerprint density at radius 3 is 2.76 bits per heavy atom. The Bertz CT molecular complexity index is 545. The van der Waals surface area contributed by atoms with E-state index in [1.807, 2.05) is 0 Å². The van der Waals surface area contributed by atoms with E-state index in [0.717, 1.165) is 37.3 Å². The Kier molecular flexibility index (Phi) is 3.95. The summed E-state index contributed by atoms with van der Waals surface area (Å²) in [5.41, 5.74) is -0.830. The SMILES string of the molecule is O=C(NC1(C(=O)O)CCCC1)c1csc(C2CCCO2)n1. The molecule has 0 spiro atoms. The van der Waals surface area contributed by atoms with Crippen LogP contribution in [0.3, 0.4) is 0 Å². The van der Waals surface area contributed by atoms with E-state index >= 15 is 0 Å². The largest absolute Gasteiger partial charge is 0.480 e. The van der Waals surface area contributed by atoms with Crippen LogP contribution in [0, 0.1) is 0 Å². The minimum absolute atomic E-state index is 0.0172. The van der Waals surface area contributed by atoms with Crippen LogP contribution in [0.5, 0.6) is 0 Å². The molecule has 2 aliphatic rings. The minimum Gasteiger partial charge on any atom is -0.480 e. The Labute approximate surface area is 126 Å². The molecule has 7 heteroatoms. The number of amides is 1. The molecule has 3 rings (SSSR count). The molecular weight excluding hydrogens is 292 g/mol. The molecule has 2 N–H and O–H groups in total. The Morgan fingerprint density at radius 1 is 1.38 bits per heavy atom. The molecule has 1 aliphatic carbocycles. The third-order valence-electron chi connectivity index (χ3n) is 4.18. The molecule has 0 bridgehead atoms. The first kappa shape index (κ1) is 14.5. The van der Waals surface area contributed by atoms with Gasteiger partial charge in [-0.2, -0.15) is 0 Å². The number of carboxylic acids is 1. The first-order valence-electron chi connectivity index (χ1n) is 7.24. The van der Waals surface area contributed by atoms with Crippen LogP contribution in [-0.2, 0) is 9.53 Å². The van der Waals surface area contributed by atoms with Gasteiger partial charge in [-0.05, 0) is 25.7 Å². The van der Waals surface area contributed by atoms with Gasteiger partial charge in [0.25, 0.3) is 5.91 Å². The van der Waals surface area contributed by atoms with Crippen molar-refractivity contribution in [3.05, 3.63) is 16.1 Å². The molecule has 1 aliphatic heterocycles. The monoisotopic (exact) mass is 310 g/mol. The lowest BCUT2D eigenvalue weighted by atomic mass is 9.98. The van der Waals surface area contributed by atoms with Crippen LogP contribution in [-0.4, -0.2) is 34.1 Å². The maximum absolute atomic E-state index is 12.3. The zero-order chi connectivity index (χ0) is 14.9. The molecule has 1 saturated carbocycles. The number of hydrogen-bond donors (Lipinski definition) is 2. The zero-order valence-corrected chi connectivity index (χ0v) is 12.4. The van der Waals surface area contributed by atoms with Crippen LogP contribution >= 0.6 is 11.3 Å². The minimum atomic E-state index is -1.12. The first-order valence-corrected chi connectivity index (χ1v) is 8.12. The van der Waals surface area contributed by atoms with Crippen LogP contribution < -0.4 is 5.32 Å². The van der Waals surface area contributed by atoms with Crippen molar-refractivity contribution >= 4 is 23.2 Å². The van der Waals surface area contributed by atoms with Crippen molar-refractivity contribution in [1.82, 2.24) is 10.3 Å². The number of carbonyl (C=O) groups is 2. The van der Waals surface area contributed by atoms with E-state index in [9.17, 15) is 14.7 Å². The second-order valence-electron chi connectivity index (χ2n) is 5.62. The van der Waals surface area contributed by atoms with Crippen LogP contribution in [0.2, 0.25) is 0 Å². The molecule has 1 amide bonds. The molecule has 6 nitrogen and oxygen atoms in total. The van der Waals surface area contributed by atoms with Gasteiger partial charge in [0.05, 0.1) is 0 Å². The summed E-state index contributed by atoms with van der Waals surface area (Å²) in [6, 6.07) is 0. The highest BCUT2D eigenvalue weighted by Gasteiger charge is 2.43. The van der Waals surface area contributed by atoms with Gasteiger partial charge in [-0.15, -0.1) is 11.3 Å². The third kappa shape index (κ3) is 2.80. The third-order valence-corrected chi connectivity index (χ3v) is 5.12. The normalized spacial score (nSPS) is 24.1. The maximum atomic E-state index is 12.3. The molecule has 0 radical (unpaired) electrons. The fourth-order valence-electron chi connectivity index (χ4n) is 2.96. The Morgan fingerprint density at radius 2 is 2.14 bits per heavy atom. The van der Waals surface area contributed by atoms with Crippen molar-refractivity contribution in [2.75, 3.05) is 6.61 Å². The van der Waals surface area contributed by atoms with Gasteiger partial charge in [0, 0.05) is 12.0 Å². The zero-order valence-electron chi connectivity index (χ0n) is 11.6. The molecule has 2 fully saturated rings. The van der Waals surface area contributed by atoms with E-state index in [4.69, 9.17) is 4.74 Å². The van der Waals surface area contributed by atoms with Gasteiger partial charge < -0.3 is 15.2 Å². The van der Waals surface area contributed by atoms with Gasteiger partial charge in [0.15, 0.2) is 0 Å². The standard InChI is InChI=1S/C14H18N2O4S/c17-11(16-14(13(18)19)5-1-2-6-14)9-8-21-12(15-9)10-4-3-7-20-10/h8,10H,1-7H2,(H,16,17)(H,18,19). The molecule has 1 atom stereocenters. The van der Waals surface area contributed by atoms with Crippen LogP contribution in [0.15, 0.2) is 5.38 Å². The number of carbonyl (C=O) groups excluding carboxylic acids is 1. The van der Waals surface area contributed by atoms with Crippen molar-refractivity contribution in [3.63, 3.8) is 0 Å². The molecule has 0 aromatic carbocycles. The second kappa shape index (κ2) is 5.73. The van der Waals surface area contributed by atoms with Crippen molar-refractivity contribution < 1.29 is 19.4 Å². The summed E-state index contributed by atoms with van der Waals surface area (Å²) in [5, 5.41) is 14.5. The molecule has 2 heterocycles. The van der Waals surface area contributed by atoms with Crippen LogP contribution in [0.1, 0.15) is 60.1 Å². The summed E-state index contributed by atoms with van der Waals surface area (Å²) >= 11 is 1.40. The van der Waals surface area contributed by atoms with E-state index in [2.05, 4.69) is 10.3 Å². The van der Waals surface area contributed by atoms with Crippen molar-refractivity contribution in [2.45, 2.75) is 50.2 Å². The van der Waals surface area contributed by atoms with Gasteiger partial charge in [0.1, 0.15) is 22.3 Å². The molecule has 114 valence electrons. The highest BCUT2D eigenvalue weighted by molar-refractivity contribution is 7.09. The number of rotatable bonds is 4. The number of carboxylic acid groups (broad SMARTS) is 1. The highest BCUT2D eigenvalue weighted by atomic mass is 32.1. The Balaban J connectivity index is 1.71. The van der Waals surface area contributed by atoms with Crippen molar-refractivity contribution in [1.29, 1.82) is 0 Å². The number of aromatic nitrogens is 1. The second-order valence-corrected chi connectivity index (χ2v) is 6.51. The van der Waals surface area contributed by atoms with Crippen LogP contribution in [0.4, 0.5) is 0 Å². The number of ether oxygens (including phenoxy) is 1. The van der Waals surface area contributed by atoms with Crippen molar-refractivity contribution in [2.24, 2.45) is 0 Å². The van der Waals surface area contributed by atoms with Gasteiger partial charge in [-0.25, -0.2) is 9.78 Å². The lowest BCUT2D eigenvalue weighted by molar-refractivity contribution is -0.144. The molecule has 1 aromatic rings. The summed E-state index contributed by atoms with van der Waals surface area (Å²) in [6.45, 7) is 0.730. The summed E-state index contributed by atoms with van der Waals surface area (Å²) in [4.78, 5) is 28.0. The first-order chi connectivity index (χ1) is 10.1. The average molecular weight is 310 g/mol. The number of nitrogens with zero attached hydrogens (tertiary/aromatic N) is 1. The Hall–Kier alpha value is -1.47. The number of thiazole rings is 1. The lowest BCUT2D eigenvalue weighted by Crippen LogP contribution is -2.52. The maximum Gasteiger partial charge on any atom is 0.329 e. The van der Waals surface area contributed by atoms with Gasteiger partial charge in [0.2, 0.25) is 0 Å². The van der Waals surface area contributed by atoms with E-state index in [1.165, 1.54) is 11.3 Å². The fraction of sp³-hybridized carbons (Fsp3) is 0.643. The van der Waals surface area contributed by atoms with E-state index < -0.39 is 17.4 Å². The topological polar surface area (TPSA) is 88.5 Å². The molecule has 1 saturated heterocycles. The molecular formula is C14H18N2O4S. The summed E-state index contributed by atoms with van der Waals surface area (Å²) in [6.07, 6.45) is 4.53. The van der Waals surface area contributed by atoms with Gasteiger partial charge in [-0.1, -0.05) is 12.8 Å². The molecule has 1 unspecified atom stereocenters. The highest BCUT2D eigenvalue weighted by Crippen LogP contribution is 2.32. The van der Waals surface area contributed by atoms with Crippen LogP contribution in [0.25, 0.3) is 0 Å². The quantitative estimate of drug-likeness (QED) is 0.889. The van der Waals surface area contributed by atoms with E-state index in [-0.39, 0.29) is 11.8 Å². The number of hydrogen-bond acceptors (Lipinski definition) is 5. The van der Waals surface area contributed by atoms with Gasteiger partial charge in [-0.3, -0.25) is 4.79 Å². The lowest BCUT2D eigenvalue weighted by Gasteiger charge is -2.24.